The van der Waals surface area contributed by atoms with Crippen molar-refractivity contribution in [3.63, 3.8) is 0 Å². The van der Waals surface area contributed by atoms with Crippen LogP contribution in [-0.2, 0) is 0 Å². The molecule has 0 fully saturated rings. The second-order valence-electron chi connectivity index (χ2n) is 4.86. The number of hydrogen-bond acceptors (Lipinski definition) is 4. The Morgan fingerprint density at radius 3 is 2.75 bits per heavy atom. The molecule has 3 aromatic rings. The summed E-state index contributed by atoms with van der Waals surface area (Å²) in [5.74, 6) is 0.408. The van der Waals surface area contributed by atoms with Crippen molar-refractivity contribution in [1.29, 1.82) is 0 Å². The molecule has 0 radical (unpaired) electrons. The number of carbonyl (C=O) groups excluding carboxylic acids is 1. The Hall–Kier alpha value is -2.62. The van der Waals surface area contributed by atoms with Gasteiger partial charge in [0, 0.05) is 11.3 Å². The minimum absolute atomic E-state index is 0.0887. The highest BCUT2D eigenvalue weighted by Crippen LogP contribution is 2.29. The van der Waals surface area contributed by atoms with E-state index in [0.29, 0.717) is 28.2 Å². The molecule has 0 saturated heterocycles. The zero-order valence-corrected chi connectivity index (χ0v) is 11.3. The topological polar surface area (TPSA) is 69.1 Å². The number of nitrogens with two attached hydrogens (primary N) is 1. The van der Waals surface area contributed by atoms with E-state index in [1.54, 1.807) is 12.1 Å². The summed E-state index contributed by atoms with van der Waals surface area (Å²) in [5, 5.41) is 0. The Morgan fingerprint density at radius 1 is 1.25 bits per heavy atom. The molecule has 0 aliphatic heterocycles. The number of aryl methyl sites for hydroxylation is 1. The lowest BCUT2D eigenvalue weighted by molar-refractivity contribution is 0.101. The fraction of sp³-hybridized carbons (Fsp3) is 0.125. The average Bonchev–Trinajstić information content (AvgIpc) is 2.81. The van der Waals surface area contributed by atoms with E-state index in [0.717, 1.165) is 11.1 Å². The highest BCUT2D eigenvalue weighted by atomic mass is 16.3. The number of anilines is 1. The van der Waals surface area contributed by atoms with E-state index in [4.69, 9.17) is 10.2 Å². The monoisotopic (exact) mass is 266 g/mol. The predicted octanol–water partition coefficient (Wildman–Crippen LogP) is 3.59. The van der Waals surface area contributed by atoms with Gasteiger partial charge in [0.15, 0.2) is 11.4 Å². The van der Waals surface area contributed by atoms with Crippen LogP contribution in [0.25, 0.3) is 22.6 Å². The van der Waals surface area contributed by atoms with Gasteiger partial charge in [-0.3, -0.25) is 4.79 Å². The quantitative estimate of drug-likeness (QED) is 0.568. The Bertz CT molecular complexity index is 818. The molecule has 100 valence electrons. The van der Waals surface area contributed by atoms with Crippen molar-refractivity contribution >= 4 is 22.6 Å². The van der Waals surface area contributed by atoms with Gasteiger partial charge in [0.25, 0.3) is 0 Å². The van der Waals surface area contributed by atoms with Crippen LogP contribution in [0.4, 0.5) is 5.69 Å². The number of aromatic nitrogens is 1. The lowest BCUT2D eigenvalue weighted by Gasteiger charge is -1.98. The van der Waals surface area contributed by atoms with Gasteiger partial charge in [-0.15, -0.1) is 0 Å². The van der Waals surface area contributed by atoms with E-state index in [1.165, 1.54) is 6.92 Å². The van der Waals surface area contributed by atoms with Crippen molar-refractivity contribution in [2.45, 2.75) is 13.8 Å². The molecular formula is C16H14N2O2. The van der Waals surface area contributed by atoms with Crippen LogP contribution in [0.5, 0.6) is 0 Å². The van der Waals surface area contributed by atoms with Crippen LogP contribution in [0.15, 0.2) is 40.8 Å². The third-order valence-corrected chi connectivity index (χ3v) is 3.16. The maximum atomic E-state index is 11.7. The van der Waals surface area contributed by atoms with E-state index in [9.17, 15) is 4.79 Å². The average molecular weight is 266 g/mol. The SMILES string of the molecule is CC(=O)c1cc(N)cc2nc(-c3cccc(C)c3)oc12. The molecule has 2 N–H and O–H groups in total. The van der Waals surface area contributed by atoms with Gasteiger partial charge in [-0.2, -0.15) is 0 Å². The summed E-state index contributed by atoms with van der Waals surface area (Å²) in [5.41, 5.74) is 9.87. The van der Waals surface area contributed by atoms with Crippen molar-refractivity contribution in [3.05, 3.63) is 47.5 Å². The van der Waals surface area contributed by atoms with Crippen LogP contribution in [0.1, 0.15) is 22.8 Å². The number of benzene rings is 2. The summed E-state index contributed by atoms with van der Waals surface area (Å²) in [4.78, 5) is 16.1. The lowest BCUT2D eigenvalue weighted by Crippen LogP contribution is -1.95. The number of Topliss-reactive ketones (excluding diaryl/α,β-unsaturated/α-hetero) is 1. The van der Waals surface area contributed by atoms with Crippen molar-refractivity contribution in [1.82, 2.24) is 4.98 Å². The molecule has 0 atom stereocenters. The van der Waals surface area contributed by atoms with Crippen LogP contribution in [0.3, 0.4) is 0 Å². The smallest absolute Gasteiger partial charge is 0.227 e. The molecule has 1 aromatic heterocycles. The van der Waals surface area contributed by atoms with Crippen LogP contribution in [0.2, 0.25) is 0 Å². The molecule has 0 saturated carbocycles. The minimum atomic E-state index is -0.0887. The van der Waals surface area contributed by atoms with Crippen LogP contribution in [-0.4, -0.2) is 10.8 Å². The first kappa shape index (κ1) is 12.4. The largest absolute Gasteiger partial charge is 0.435 e. The number of ketones is 1. The highest BCUT2D eigenvalue weighted by Gasteiger charge is 2.15. The van der Waals surface area contributed by atoms with Gasteiger partial charge in [0.2, 0.25) is 5.89 Å². The minimum Gasteiger partial charge on any atom is -0.435 e. The molecule has 0 amide bonds. The maximum absolute atomic E-state index is 11.7. The molecule has 0 aliphatic carbocycles. The number of nitrogens with zero attached hydrogens (tertiary/aromatic N) is 1. The van der Waals surface area contributed by atoms with Crippen molar-refractivity contribution in [2.75, 3.05) is 5.73 Å². The molecule has 0 aliphatic rings. The summed E-state index contributed by atoms with van der Waals surface area (Å²) in [6.07, 6.45) is 0. The Balaban J connectivity index is 2.25. The zero-order valence-electron chi connectivity index (χ0n) is 11.3. The second kappa shape index (κ2) is 4.49. The maximum Gasteiger partial charge on any atom is 0.227 e. The highest BCUT2D eigenvalue weighted by molar-refractivity contribution is 6.05. The van der Waals surface area contributed by atoms with Crippen LogP contribution < -0.4 is 5.73 Å². The first-order valence-electron chi connectivity index (χ1n) is 6.32. The number of oxazole rings is 1. The Kier molecular flexibility index (Phi) is 2.79. The number of carbonyl (C=O) groups is 1. The molecule has 0 spiro atoms. The lowest BCUT2D eigenvalue weighted by atomic mass is 10.1. The molecule has 20 heavy (non-hydrogen) atoms. The van der Waals surface area contributed by atoms with Crippen LogP contribution in [0, 0.1) is 6.92 Å². The van der Waals surface area contributed by atoms with Crippen molar-refractivity contribution < 1.29 is 9.21 Å². The van der Waals surface area contributed by atoms with Crippen molar-refractivity contribution in [3.8, 4) is 11.5 Å². The molecule has 4 heteroatoms. The molecule has 3 rings (SSSR count). The van der Waals surface area contributed by atoms with Gasteiger partial charge < -0.3 is 10.2 Å². The summed E-state index contributed by atoms with van der Waals surface area (Å²) >= 11 is 0. The fourth-order valence-electron chi connectivity index (χ4n) is 2.22. The van der Waals surface area contributed by atoms with Gasteiger partial charge in [0.1, 0.15) is 5.52 Å². The summed E-state index contributed by atoms with van der Waals surface area (Å²) in [6, 6.07) is 11.2. The molecule has 0 bridgehead atoms. The normalized spacial score (nSPS) is 10.9. The van der Waals surface area contributed by atoms with Gasteiger partial charge in [0.05, 0.1) is 5.56 Å². The molecule has 1 heterocycles. The standard InChI is InChI=1S/C16H14N2O2/c1-9-4-3-5-11(6-9)16-18-14-8-12(17)7-13(10(2)19)15(14)20-16/h3-8H,17H2,1-2H3. The summed E-state index contributed by atoms with van der Waals surface area (Å²) < 4.78 is 5.77. The van der Waals surface area contributed by atoms with Crippen LogP contribution >= 0.6 is 0 Å². The van der Waals surface area contributed by atoms with E-state index >= 15 is 0 Å². The summed E-state index contributed by atoms with van der Waals surface area (Å²) in [6.45, 7) is 3.49. The third-order valence-electron chi connectivity index (χ3n) is 3.16. The number of hydrogen-bond donors (Lipinski definition) is 1. The summed E-state index contributed by atoms with van der Waals surface area (Å²) in [7, 11) is 0. The van der Waals surface area contributed by atoms with Gasteiger partial charge in [-0.1, -0.05) is 17.7 Å². The number of nitrogen functional groups attached to an aromatic ring is 1. The number of rotatable bonds is 2. The Labute approximate surface area is 116 Å². The zero-order chi connectivity index (χ0) is 14.3. The predicted molar refractivity (Wildman–Crippen MR) is 78.6 cm³/mol. The van der Waals surface area contributed by atoms with E-state index in [1.807, 2.05) is 31.2 Å². The van der Waals surface area contributed by atoms with E-state index in [2.05, 4.69) is 4.98 Å². The van der Waals surface area contributed by atoms with E-state index < -0.39 is 0 Å². The second-order valence-corrected chi connectivity index (χ2v) is 4.86. The van der Waals surface area contributed by atoms with Gasteiger partial charge in [-0.25, -0.2) is 4.98 Å². The third kappa shape index (κ3) is 2.05. The van der Waals surface area contributed by atoms with Gasteiger partial charge in [-0.05, 0) is 38.1 Å². The molecule has 2 aromatic carbocycles. The Morgan fingerprint density at radius 2 is 2.05 bits per heavy atom. The number of fused-ring (bicyclic) bond motifs is 1. The molecule has 0 unspecified atom stereocenters. The van der Waals surface area contributed by atoms with Crippen molar-refractivity contribution in [2.24, 2.45) is 0 Å². The molecule has 4 nitrogen and oxygen atoms in total. The van der Waals surface area contributed by atoms with E-state index in [-0.39, 0.29) is 5.78 Å². The first-order valence-corrected chi connectivity index (χ1v) is 6.32. The first-order chi connectivity index (χ1) is 9.54. The fourth-order valence-corrected chi connectivity index (χ4v) is 2.22. The molecular weight excluding hydrogens is 252 g/mol. The van der Waals surface area contributed by atoms with Gasteiger partial charge >= 0.3 is 0 Å².